The first kappa shape index (κ1) is 16.5. The molecule has 0 aliphatic rings. The Hall–Kier alpha value is -2.33. The maximum Gasteiger partial charge on any atom is 0.305 e. The molecule has 2 aromatic heterocycles. The predicted octanol–water partition coefficient (Wildman–Crippen LogP) is 3.03. The third kappa shape index (κ3) is 3.15. The van der Waals surface area contributed by atoms with Gasteiger partial charge in [0.1, 0.15) is 12.4 Å². The molecule has 0 aliphatic carbocycles. The minimum atomic E-state index is -0.567. The molecule has 3 aromatic rings. The Morgan fingerprint density at radius 1 is 1.33 bits per heavy atom. The summed E-state index contributed by atoms with van der Waals surface area (Å²) in [6.45, 7) is 2.28. The molecule has 0 unspecified atom stereocenters. The van der Waals surface area contributed by atoms with Gasteiger partial charge in [-0.05, 0) is 36.9 Å². The lowest BCUT2D eigenvalue weighted by molar-refractivity contribution is -0.385. The Labute approximate surface area is 148 Å². The van der Waals surface area contributed by atoms with E-state index in [9.17, 15) is 14.9 Å². The van der Waals surface area contributed by atoms with Crippen molar-refractivity contribution in [3.63, 3.8) is 0 Å². The van der Waals surface area contributed by atoms with Crippen LogP contribution in [-0.4, -0.2) is 24.4 Å². The fraction of sp³-hybridized carbons (Fsp3) is 0.143. The highest BCUT2D eigenvalue weighted by atomic mass is 79.9. The normalized spacial score (nSPS) is 10.9. The molecule has 2 heterocycles. The predicted molar refractivity (Wildman–Crippen MR) is 92.2 cm³/mol. The summed E-state index contributed by atoms with van der Waals surface area (Å²) in [6.07, 6.45) is 2.25. The second kappa shape index (κ2) is 6.65. The van der Waals surface area contributed by atoms with Crippen LogP contribution >= 0.6 is 27.7 Å². The van der Waals surface area contributed by atoms with Gasteiger partial charge in [-0.3, -0.25) is 19.5 Å². The minimum absolute atomic E-state index is 0.159. The molecule has 0 fully saturated rings. The molecule has 0 amide bonds. The molecule has 0 saturated heterocycles. The zero-order valence-corrected chi connectivity index (χ0v) is 14.7. The van der Waals surface area contributed by atoms with Crippen LogP contribution in [0, 0.1) is 10.1 Å². The first-order valence-electron chi connectivity index (χ1n) is 6.84. The molecule has 10 heteroatoms. The van der Waals surface area contributed by atoms with E-state index in [2.05, 4.69) is 30.9 Å². The summed E-state index contributed by atoms with van der Waals surface area (Å²) < 4.78 is 2.32. The van der Waals surface area contributed by atoms with Crippen LogP contribution in [0.3, 0.4) is 0 Å². The summed E-state index contributed by atoms with van der Waals surface area (Å²) >= 11 is 4.44. The number of rotatable bonds is 4. The van der Waals surface area contributed by atoms with Gasteiger partial charge in [-0.2, -0.15) is 0 Å². The van der Waals surface area contributed by atoms with E-state index in [0.29, 0.717) is 22.6 Å². The molecule has 122 valence electrons. The third-order valence-corrected chi connectivity index (χ3v) is 4.59. The van der Waals surface area contributed by atoms with Gasteiger partial charge in [0.25, 0.3) is 5.56 Å². The Balaban J connectivity index is 2.07. The molecular weight excluding hydrogens is 398 g/mol. The maximum absolute atomic E-state index is 12.6. The summed E-state index contributed by atoms with van der Waals surface area (Å²) in [6, 6.07) is 5.29. The number of hydrogen-bond donors (Lipinski definition) is 0. The standard InChI is InChI=1S/C14H10BrN5O3S/c1-2-19-12(21)10-5-8(15)3-4-11(10)18-14(19)24-13-16-6-9(7-17-13)20(22)23/h3-7H,2H2,1H3. The average Bonchev–Trinajstić information content (AvgIpc) is 2.56. The largest absolute Gasteiger partial charge is 0.305 e. The number of nitrogens with zero attached hydrogens (tertiary/aromatic N) is 5. The molecule has 0 radical (unpaired) electrons. The van der Waals surface area contributed by atoms with E-state index in [4.69, 9.17) is 0 Å². The first-order valence-corrected chi connectivity index (χ1v) is 8.45. The van der Waals surface area contributed by atoms with Crippen molar-refractivity contribution in [2.24, 2.45) is 0 Å². The summed E-state index contributed by atoms with van der Waals surface area (Å²) in [4.78, 5) is 35.1. The van der Waals surface area contributed by atoms with Gasteiger partial charge in [0.2, 0.25) is 0 Å². The maximum atomic E-state index is 12.6. The highest BCUT2D eigenvalue weighted by molar-refractivity contribution is 9.10. The lowest BCUT2D eigenvalue weighted by Crippen LogP contribution is -2.22. The van der Waals surface area contributed by atoms with Crippen LogP contribution in [0.4, 0.5) is 5.69 Å². The van der Waals surface area contributed by atoms with Gasteiger partial charge in [-0.25, -0.2) is 15.0 Å². The van der Waals surface area contributed by atoms with Crippen LogP contribution in [0.5, 0.6) is 0 Å². The number of hydrogen-bond acceptors (Lipinski definition) is 7. The smallest absolute Gasteiger partial charge is 0.287 e. The average molecular weight is 408 g/mol. The number of nitro groups is 1. The van der Waals surface area contributed by atoms with Crippen LogP contribution < -0.4 is 5.56 Å². The molecule has 0 N–H and O–H groups in total. The number of halogens is 1. The number of fused-ring (bicyclic) bond motifs is 1. The molecule has 0 aliphatic heterocycles. The Morgan fingerprint density at radius 2 is 2.04 bits per heavy atom. The van der Waals surface area contributed by atoms with E-state index in [1.54, 1.807) is 12.1 Å². The third-order valence-electron chi connectivity index (χ3n) is 3.21. The molecule has 0 atom stereocenters. The van der Waals surface area contributed by atoms with E-state index in [1.165, 1.54) is 4.57 Å². The Kier molecular flexibility index (Phi) is 4.58. The lowest BCUT2D eigenvalue weighted by atomic mass is 10.2. The van der Waals surface area contributed by atoms with Gasteiger partial charge in [-0.15, -0.1) is 0 Å². The van der Waals surface area contributed by atoms with Gasteiger partial charge in [-0.1, -0.05) is 15.9 Å². The van der Waals surface area contributed by atoms with Crippen molar-refractivity contribution < 1.29 is 4.92 Å². The SMILES string of the molecule is CCn1c(Sc2ncc([N+](=O)[O-])cn2)nc2ccc(Br)cc2c1=O. The Bertz CT molecular complexity index is 990. The van der Waals surface area contributed by atoms with Crippen molar-refractivity contribution in [3.05, 3.63) is 55.5 Å². The van der Waals surface area contributed by atoms with Crippen LogP contribution in [0.2, 0.25) is 0 Å². The van der Waals surface area contributed by atoms with Gasteiger partial charge in [0, 0.05) is 11.0 Å². The van der Waals surface area contributed by atoms with Crippen molar-refractivity contribution in [2.75, 3.05) is 0 Å². The van der Waals surface area contributed by atoms with E-state index in [1.807, 2.05) is 13.0 Å². The zero-order chi connectivity index (χ0) is 17.3. The van der Waals surface area contributed by atoms with Crippen molar-refractivity contribution in [2.45, 2.75) is 23.8 Å². The monoisotopic (exact) mass is 407 g/mol. The topological polar surface area (TPSA) is 104 Å². The quantitative estimate of drug-likeness (QED) is 0.371. The van der Waals surface area contributed by atoms with Gasteiger partial charge >= 0.3 is 5.69 Å². The molecule has 0 spiro atoms. The molecule has 8 nitrogen and oxygen atoms in total. The lowest BCUT2D eigenvalue weighted by Gasteiger charge is -2.10. The molecule has 0 saturated carbocycles. The van der Waals surface area contributed by atoms with Crippen molar-refractivity contribution >= 4 is 44.3 Å². The summed E-state index contributed by atoms with van der Waals surface area (Å²) in [5.74, 6) is 0. The molecular formula is C14H10BrN5O3S. The molecule has 3 rings (SSSR count). The first-order chi connectivity index (χ1) is 11.5. The second-order valence-electron chi connectivity index (χ2n) is 4.69. The highest BCUT2D eigenvalue weighted by Crippen LogP contribution is 2.25. The van der Waals surface area contributed by atoms with Gasteiger partial charge in [0.05, 0.1) is 15.8 Å². The fourth-order valence-electron chi connectivity index (χ4n) is 2.07. The van der Waals surface area contributed by atoms with Crippen LogP contribution in [-0.2, 0) is 6.54 Å². The Morgan fingerprint density at radius 3 is 2.67 bits per heavy atom. The van der Waals surface area contributed by atoms with E-state index < -0.39 is 4.92 Å². The van der Waals surface area contributed by atoms with E-state index in [0.717, 1.165) is 28.6 Å². The summed E-state index contributed by atoms with van der Waals surface area (Å²) in [7, 11) is 0. The van der Waals surface area contributed by atoms with Crippen molar-refractivity contribution in [1.29, 1.82) is 0 Å². The number of aromatic nitrogens is 4. The van der Waals surface area contributed by atoms with Crippen molar-refractivity contribution in [3.8, 4) is 0 Å². The number of benzene rings is 1. The van der Waals surface area contributed by atoms with E-state index in [-0.39, 0.29) is 16.4 Å². The van der Waals surface area contributed by atoms with Gasteiger partial charge in [0.15, 0.2) is 10.3 Å². The molecule has 1 aromatic carbocycles. The van der Waals surface area contributed by atoms with Crippen LogP contribution in [0.25, 0.3) is 10.9 Å². The van der Waals surface area contributed by atoms with Crippen LogP contribution in [0.15, 0.2) is 50.2 Å². The fourth-order valence-corrected chi connectivity index (χ4v) is 3.27. The van der Waals surface area contributed by atoms with Gasteiger partial charge < -0.3 is 0 Å². The summed E-state index contributed by atoms with van der Waals surface area (Å²) in [5.41, 5.74) is 0.217. The minimum Gasteiger partial charge on any atom is -0.287 e. The van der Waals surface area contributed by atoms with Crippen LogP contribution in [0.1, 0.15) is 6.92 Å². The molecule has 24 heavy (non-hydrogen) atoms. The summed E-state index contributed by atoms with van der Waals surface area (Å²) in [5, 5.41) is 11.9. The molecule has 0 bridgehead atoms. The van der Waals surface area contributed by atoms with E-state index >= 15 is 0 Å². The van der Waals surface area contributed by atoms with Crippen molar-refractivity contribution in [1.82, 2.24) is 19.5 Å². The second-order valence-corrected chi connectivity index (χ2v) is 6.54. The highest BCUT2D eigenvalue weighted by Gasteiger charge is 2.14. The zero-order valence-electron chi connectivity index (χ0n) is 12.3.